The summed E-state index contributed by atoms with van der Waals surface area (Å²) >= 11 is 1.38. The Morgan fingerprint density at radius 1 is 1.17 bits per heavy atom. The molecule has 1 amide bonds. The van der Waals surface area contributed by atoms with Gasteiger partial charge in [0.25, 0.3) is 0 Å². The molecule has 9 heteroatoms. The van der Waals surface area contributed by atoms with Crippen molar-refractivity contribution < 1.29 is 13.2 Å². The molecule has 0 fully saturated rings. The van der Waals surface area contributed by atoms with Crippen LogP contribution in [0, 0.1) is 5.92 Å². The fourth-order valence-electron chi connectivity index (χ4n) is 2.82. The summed E-state index contributed by atoms with van der Waals surface area (Å²) in [5.41, 5.74) is 2.49. The van der Waals surface area contributed by atoms with Gasteiger partial charge in [-0.2, -0.15) is 0 Å². The lowest BCUT2D eigenvalue weighted by molar-refractivity contribution is -0.113. The van der Waals surface area contributed by atoms with Crippen molar-refractivity contribution in [3.05, 3.63) is 48.5 Å². The number of thioether (sulfide) groups is 1. The number of hydrogen-bond acceptors (Lipinski definition) is 5. The van der Waals surface area contributed by atoms with Crippen LogP contribution in [-0.4, -0.2) is 29.6 Å². The summed E-state index contributed by atoms with van der Waals surface area (Å²) in [4.78, 5) is 17.0. The van der Waals surface area contributed by atoms with Gasteiger partial charge in [0.05, 0.1) is 21.7 Å². The van der Waals surface area contributed by atoms with E-state index in [0.29, 0.717) is 11.6 Å². The summed E-state index contributed by atoms with van der Waals surface area (Å²) in [7, 11) is -3.75. The highest BCUT2D eigenvalue weighted by atomic mass is 32.2. The Morgan fingerprint density at radius 3 is 2.52 bits per heavy atom. The van der Waals surface area contributed by atoms with Gasteiger partial charge in [0.15, 0.2) is 5.16 Å². The third-order valence-corrected chi connectivity index (χ3v) is 6.25. The zero-order valence-corrected chi connectivity index (χ0v) is 18.0. The summed E-state index contributed by atoms with van der Waals surface area (Å²) in [6, 6.07) is 13.7. The highest BCUT2D eigenvalue weighted by molar-refractivity contribution is 7.99. The molecule has 1 aromatic heterocycles. The van der Waals surface area contributed by atoms with Gasteiger partial charge in [-0.15, -0.1) is 0 Å². The monoisotopic (exact) mass is 432 g/mol. The van der Waals surface area contributed by atoms with E-state index < -0.39 is 10.0 Å². The van der Waals surface area contributed by atoms with E-state index in [1.54, 1.807) is 0 Å². The molecular formula is C20H24N4O3S2. The van der Waals surface area contributed by atoms with E-state index in [1.807, 2.05) is 24.3 Å². The molecular weight excluding hydrogens is 408 g/mol. The minimum Gasteiger partial charge on any atom is -0.325 e. The van der Waals surface area contributed by atoms with Crippen LogP contribution < -0.4 is 10.5 Å². The van der Waals surface area contributed by atoms with Crippen molar-refractivity contribution in [2.45, 2.75) is 36.9 Å². The molecule has 3 N–H and O–H groups in total. The van der Waals surface area contributed by atoms with Crippen molar-refractivity contribution >= 4 is 44.4 Å². The number of amides is 1. The fourth-order valence-corrected chi connectivity index (χ4v) is 4.18. The number of sulfonamides is 1. The molecule has 29 heavy (non-hydrogen) atoms. The summed E-state index contributed by atoms with van der Waals surface area (Å²) in [5.74, 6) is 0.570. The SMILES string of the molecule is CC(C)CCn1c(SCC(=O)Nc2ccc(S(N)(=O)=O)cc2)nc2ccccc21. The zero-order valence-electron chi connectivity index (χ0n) is 16.3. The van der Waals surface area contributed by atoms with Crippen LogP contribution in [0.1, 0.15) is 20.3 Å². The van der Waals surface area contributed by atoms with Crippen LogP contribution in [0.25, 0.3) is 11.0 Å². The van der Waals surface area contributed by atoms with Crippen molar-refractivity contribution in [2.24, 2.45) is 11.1 Å². The van der Waals surface area contributed by atoms with E-state index in [2.05, 4.69) is 28.7 Å². The smallest absolute Gasteiger partial charge is 0.238 e. The van der Waals surface area contributed by atoms with Gasteiger partial charge in [-0.25, -0.2) is 18.5 Å². The Bertz CT molecular complexity index is 1110. The first-order valence-corrected chi connectivity index (χ1v) is 11.8. The van der Waals surface area contributed by atoms with Gasteiger partial charge in [-0.05, 0) is 48.7 Å². The number of fused-ring (bicyclic) bond motifs is 1. The molecule has 0 aliphatic heterocycles. The number of carbonyl (C=O) groups is 1. The molecule has 154 valence electrons. The van der Waals surface area contributed by atoms with E-state index in [4.69, 9.17) is 5.14 Å². The Hall–Kier alpha value is -2.36. The first-order valence-electron chi connectivity index (χ1n) is 9.25. The predicted octanol–water partition coefficient (Wildman–Crippen LogP) is 3.46. The Labute approximate surface area is 174 Å². The zero-order chi connectivity index (χ0) is 21.0. The summed E-state index contributed by atoms with van der Waals surface area (Å²) in [5, 5.41) is 8.66. The minimum absolute atomic E-state index is 0.00347. The van der Waals surface area contributed by atoms with Crippen molar-refractivity contribution in [1.29, 1.82) is 0 Å². The number of carbonyl (C=O) groups excluding carboxylic acids is 1. The van der Waals surface area contributed by atoms with Gasteiger partial charge in [0.2, 0.25) is 15.9 Å². The lowest BCUT2D eigenvalue weighted by Crippen LogP contribution is -2.15. The van der Waals surface area contributed by atoms with Gasteiger partial charge in [0.1, 0.15) is 0 Å². The number of para-hydroxylation sites is 2. The summed E-state index contributed by atoms with van der Waals surface area (Å²) < 4.78 is 24.8. The topological polar surface area (TPSA) is 107 Å². The maximum atomic E-state index is 12.3. The number of aromatic nitrogens is 2. The quantitative estimate of drug-likeness (QED) is 0.530. The van der Waals surface area contributed by atoms with Crippen LogP contribution in [0.15, 0.2) is 58.6 Å². The molecule has 3 rings (SSSR count). The first kappa shape index (κ1) is 21.4. The number of aryl methyl sites for hydroxylation is 1. The normalized spacial score (nSPS) is 11.9. The molecule has 0 aliphatic rings. The number of hydrogen-bond donors (Lipinski definition) is 2. The second-order valence-electron chi connectivity index (χ2n) is 7.12. The predicted molar refractivity (Wildman–Crippen MR) is 116 cm³/mol. The van der Waals surface area contributed by atoms with E-state index >= 15 is 0 Å². The minimum atomic E-state index is -3.75. The van der Waals surface area contributed by atoms with Crippen LogP contribution in [0.4, 0.5) is 5.69 Å². The lowest BCUT2D eigenvalue weighted by Gasteiger charge is -2.11. The second-order valence-corrected chi connectivity index (χ2v) is 9.63. The fraction of sp³-hybridized carbons (Fsp3) is 0.300. The first-order chi connectivity index (χ1) is 13.7. The Morgan fingerprint density at radius 2 is 1.86 bits per heavy atom. The van der Waals surface area contributed by atoms with Crippen molar-refractivity contribution in [3.63, 3.8) is 0 Å². The van der Waals surface area contributed by atoms with Crippen LogP contribution >= 0.6 is 11.8 Å². The van der Waals surface area contributed by atoms with E-state index in [-0.39, 0.29) is 16.6 Å². The molecule has 2 aromatic carbocycles. The third-order valence-electron chi connectivity index (χ3n) is 4.35. The molecule has 0 saturated heterocycles. The molecule has 0 atom stereocenters. The standard InChI is InChI=1S/C20H24N4O3S2/c1-14(2)11-12-24-18-6-4-3-5-17(18)23-20(24)28-13-19(25)22-15-7-9-16(10-8-15)29(21,26)27/h3-10,14H,11-13H2,1-2H3,(H,22,25)(H2,21,26,27). The third kappa shape index (κ3) is 5.59. The van der Waals surface area contributed by atoms with E-state index in [9.17, 15) is 13.2 Å². The summed E-state index contributed by atoms with van der Waals surface area (Å²) in [6.45, 7) is 5.21. The van der Waals surface area contributed by atoms with Crippen LogP contribution in [0.5, 0.6) is 0 Å². The molecule has 1 heterocycles. The number of benzene rings is 2. The van der Waals surface area contributed by atoms with Crippen LogP contribution in [0.2, 0.25) is 0 Å². The van der Waals surface area contributed by atoms with Crippen LogP contribution in [-0.2, 0) is 21.4 Å². The number of anilines is 1. The lowest BCUT2D eigenvalue weighted by atomic mass is 10.1. The second kappa shape index (κ2) is 8.98. The summed E-state index contributed by atoms with van der Waals surface area (Å²) in [6.07, 6.45) is 1.02. The van der Waals surface area contributed by atoms with Gasteiger partial charge >= 0.3 is 0 Å². The molecule has 0 spiro atoms. The number of nitrogens with zero attached hydrogens (tertiary/aromatic N) is 2. The van der Waals surface area contributed by atoms with E-state index in [1.165, 1.54) is 36.0 Å². The highest BCUT2D eigenvalue weighted by Crippen LogP contribution is 2.25. The molecule has 0 aliphatic carbocycles. The number of rotatable bonds is 8. The number of primary sulfonamides is 1. The molecule has 0 unspecified atom stereocenters. The van der Waals surface area contributed by atoms with Crippen molar-refractivity contribution in [1.82, 2.24) is 9.55 Å². The molecule has 0 bridgehead atoms. The average molecular weight is 433 g/mol. The molecule has 0 radical (unpaired) electrons. The average Bonchev–Trinajstić information content (AvgIpc) is 3.02. The van der Waals surface area contributed by atoms with Crippen LogP contribution in [0.3, 0.4) is 0 Å². The maximum Gasteiger partial charge on any atom is 0.238 e. The van der Waals surface area contributed by atoms with E-state index in [0.717, 1.165) is 29.2 Å². The maximum absolute atomic E-state index is 12.3. The molecule has 0 saturated carbocycles. The number of imidazole rings is 1. The van der Waals surface area contributed by atoms with Crippen molar-refractivity contribution in [3.8, 4) is 0 Å². The molecule has 3 aromatic rings. The van der Waals surface area contributed by atoms with Gasteiger partial charge in [-0.1, -0.05) is 37.7 Å². The highest BCUT2D eigenvalue weighted by Gasteiger charge is 2.14. The number of nitrogens with two attached hydrogens (primary N) is 1. The molecule has 7 nitrogen and oxygen atoms in total. The Balaban J connectivity index is 1.68. The van der Waals surface area contributed by atoms with Gasteiger partial charge in [-0.3, -0.25) is 4.79 Å². The number of nitrogens with one attached hydrogen (secondary N) is 1. The van der Waals surface area contributed by atoms with Gasteiger partial charge < -0.3 is 9.88 Å². The van der Waals surface area contributed by atoms with Crippen molar-refractivity contribution in [2.75, 3.05) is 11.1 Å². The Kier molecular flexibility index (Phi) is 6.61. The largest absolute Gasteiger partial charge is 0.325 e. The van der Waals surface area contributed by atoms with Gasteiger partial charge in [0, 0.05) is 12.2 Å².